The molecule has 0 aliphatic heterocycles. The molecule has 26 heavy (non-hydrogen) atoms. The van der Waals surface area contributed by atoms with Gasteiger partial charge in [0.15, 0.2) is 10.1 Å². The molecule has 0 atom stereocenters. The van der Waals surface area contributed by atoms with Gasteiger partial charge in [0, 0.05) is 43.9 Å². The predicted molar refractivity (Wildman–Crippen MR) is 103 cm³/mol. The van der Waals surface area contributed by atoms with Gasteiger partial charge in [-0.2, -0.15) is 0 Å². The minimum Gasteiger partial charge on any atom is -0.348 e. The molecule has 8 heteroatoms. The zero-order chi connectivity index (χ0) is 18.7. The maximum atomic E-state index is 12.0. The second-order valence-corrected chi connectivity index (χ2v) is 7.02. The zero-order valence-electron chi connectivity index (χ0n) is 14.3. The number of aromatic nitrogens is 2. The quantitative estimate of drug-likeness (QED) is 0.683. The summed E-state index contributed by atoms with van der Waals surface area (Å²) in [6.45, 7) is 0.369. The molecule has 1 aromatic carbocycles. The molecule has 0 radical (unpaired) electrons. The lowest BCUT2D eigenvalue weighted by Crippen LogP contribution is -2.22. The topological polar surface area (TPSA) is 66.7 Å². The lowest BCUT2D eigenvalue weighted by molar-refractivity contribution is -0.116. The molecule has 2 aromatic heterocycles. The van der Waals surface area contributed by atoms with Crippen LogP contribution in [0.15, 0.2) is 41.9 Å². The number of fused-ring (bicyclic) bond motifs is 1. The van der Waals surface area contributed by atoms with E-state index < -0.39 is 0 Å². The van der Waals surface area contributed by atoms with Gasteiger partial charge in [-0.05, 0) is 23.8 Å². The number of benzene rings is 1. The van der Waals surface area contributed by atoms with Crippen LogP contribution in [0.5, 0.6) is 0 Å². The Balaban J connectivity index is 1.59. The fraction of sp³-hybridized carbons (Fsp3) is 0.167. The number of hydrogen-bond donors (Lipinski definition) is 1. The van der Waals surface area contributed by atoms with Gasteiger partial charge in [0.2, 0.25) is 5.91 Å². The minimum atomic E-state index is -0.236. The van der Waals surface area contributed by atoms with E-state index in [1.165, 1.54) is 22.3 Å². The van der Waals surface area contributed by atoms with Crippen molar-refractivity contribution in [3.05, 3.63) is 63.9 Å². The standard InChI is InChI=1S/C18H17ClN4O2S/c1-22(2)17(25)13-5-3-12(4-6-13)11-20-15(24)8-7-14-16(19)21-18-23(14)9-10-26-18/h3-10H,11H2,1-2H3,(H,20,24)/b8-7+. The second-order valence-electron chi connectivity index (χ2n) is 5.79. The first kappa shape index (κ1) is 18.2. The van der Waals surface area contributed by atoms with Crippen molar-refractivity contribution in [1.82, 2.24) is 19.6 Å². The molecule has 0 saturated heterocycles. The van der Waals surface area contributed by atoms with Crippen LogP contribution >= 0.6 is 22.9 Å². The molecule has 134 valence electrons. The van der Waals surface area contributed by atoms with E-state index in [2.05, 4.69) is 10.3 Å². The Bertz CT molecular complexity index is 973. The van der Waals surface area contributed by atoms with E-state index in [0.29, 0.717) is 23.0 Å². The smallest absolute Gasteiger partial charge is 0.253 e. The Labute approximate surface area is 159 Å². The summed E-state index contributed by atoms with van der Waals surface area (Å²) in [5, 5.41) is 5.07. The van der Waals surface area contributed by atoms with E-state index in [-0.39, 0.29) is 11.8 Å². The van der Waals surface area contributed by atoms with E-state index in [1.807, 2.05) is 28.1 Å². The third-order valence-electron chi connectivity index (χ3n) is 3.72. The van der Waals surface area contributed by atoms with Crippen LogP contribution in [0.3, 0.4) is 0 Å². The summed E-state index contributed by atoms with van der Waals surface area (Å²) in [6, 6.07) is 7.14. The molecule has 1 N–H and O–H groups in total. The van der Waals surface area contributed by atoms with Crippen LogP contribution in [0.4, 0.5) is 0 Å². The second kappa shape index (κ2) is 7.72. The summed E-state index contributed by atoms with van der Waals surface area (Å²) >= 11 is 7.56. The molecule has 0 spiro atoms. The molecule has 3 aromatic rings. The molecule has 0 aliphatic rings. The fourth-order valence-electron chi connectivity index (χ4n) is 2.35. The molecule has 2 heterocycles. The van der Waals surface area contributed by atoms with Crippen molar-refractivity contribution in [2.75, 3.05) is 14.1 Å². The van der Waals surface area contributed by atoms with Crippen LogP contribution in [-0.4, -0.2) is 40.2 Å². The largest absolute Gasteiger partial charge is 0.348 e. The molecule has 0 aliphatic carbocycles. The van der Waals surface area contributed by atoms with Gasteiger partial charge in [0.05, 0.1) is 5.69 Å². The number of halogens is 1. The van der Waals surface area contributed by atoms with Crippen LogP contribution in [0.1, 0.15) is 21.6 Å². The molecule has 6 nitrogen and oxygen atoms in total. The highest BCUT2D eigenvalue weighted by molar-refractivity contribution is 7.15. The van der Waals surface area contributed by atoms with E-state index in [0.717, 1.165) is 10.5 Å². The molecular formula is C18H17ClN4O2S. The highest BCUT2D eigenvalue weighted by atomic mass is 35.5. The van der Waals surface area contributed by atoms with Gasteiger partial charge in [-0.15, -0.1) is 11.3 Å². The Morgan fingerprint density at radius 2 is 2.04 bits per heavy atom. The lowest BCUT2D eigenvalue weighted by Gasteiger charge is -2.10. The highest BCUT2D eigenvalue weighted by Crippen LogP contribution is 2.22. The number of nitrogens with one attached hydrogen (secondary N) is 1. The Morgan fingerprint density at radius 3 is 2.73 bits per heavy atom. The van der Waals surface area contributed by atoms with E-state index in [9.17, 15) is 9.59 Å². The molecule has 2 amide bonds. The van der Waals surface area contributed by atoms with Crippen LogP contribution in [0, 0.1) is 0 Å². The van der Waals surface area contributed by atoms with E-state index in [1.54, 1.807) is 32.3 Å². The molecular weight excluding hydrogens is 372 g/mol. The van der Waals surface area contributed by atoms with Gasteiger partial charge in [-0.25, -0.2) is 4.98 Å². The van der Waals surface area contributed by atoms with Gasteiger partial charge >= 0.3 is 0 Å². The number of thiazole rings is 1. The average Bonchev–Trinajstić information content (AvgIpc) is 3.18. The van der Waals surface area contributed by atoms with Gasteiger partial charge in [-0.1, -0.05) is 23.7 Å². The van der Waals surface area contributed by atoms with Crippen molar-refractivity contribution in [2.24, 2.45) is 0 Å². The number of amides is 2. The minimum absolute atomic E-state index is 0.0547. The summed E-state index contributed by atoms with van der Waals surface area (Å²) in [5.74, 6) is -0.291. The normalized spacial score (nSPS) is 11.2. The lowest BCUT2D eigenvalue weighted by atomic mass is 10.1. The molecule has 0 saturated carbocycles. The van der Waals surface area contributed by atoms with Crippen molar-refractivity contribution >= 4 is 45.8 Å². The fourth-order valence-corrected chi connectivity index (χ4v) is 3.36. The predicted octanol–water partition coefficient (Wildman–Crippen LogP) is 3.08. The van der Waals surface area contributed by atoms with E-state index in [4.69, 9.17) is 11.6 Å². The first-order valence-corrected chi connectivity index (χ1v) is 9.09. The molecule has 3 rings (SSSR count). The summed E-state index contributed by atoms with van der Waals surface area (Å²) in [7, 11) is 3.42. The van der Waals surface area contributed by atoms with Crippen LogP contribution in [0.2, 0.25) is 5.15 Å². The van der Waals surface area contributed by atoms with Crippen LogP contribution in [0.25, 0.3) is 11.0 Å². The summed E-state index contributed by atoms with van der Waals surface area (Å²) in [4.78, 5) is 30.4. The SMILES string of the molecule is CN(C)C(=O)c1ccc(CNC(=O)/C=C/c2c(Cl)nc3sccn23)cc1. The Kier molecular flexibility index (Phi) is 5.39. The number of rotatable bonds is 5. The van der Waals surface area contributed by atoms with Gasteiger partial charge in [-0.3, -0.25) is 14.0 Å². The number of hydrogen-bond acceptors (Lipinski definition) is 4. The maximum absolute atomic E-state index is 12.0. The monoisotopic (exact) mass is 388 g/mol. The van der Waals surface area contributed by atoms with Gasteiger partial charge in [0.25, 0.3) is 5.91 Å². The van der Waals surface area contributed by atoms with Crippen molar-refractivity contribution in [1.29, 1.82) is 0 Å². The Hall–Kier alpha value is -2.64. The van der Waals surface area contributed by atoms with E-state index >= 15 is 0 Å². The first-order valence-electron chi connectivity index (χ1n) is 7.83. The summed E-state index contributed by atoms with van der Waals surface area (Å²) < 4.78 is 1.83. The van der Waals surface area contributed by atoms with Crippen molar-refractivity contribution in [3.63, 3.8) is 0 Å². The van der Waals surface area contributed by atoms with Crippen LogP contribution < -0.4 is 5.32 Å². The Morgan fingerprint density at radius 1 is 1.31 bits per heavy atom. The third kappa shape index (κ3) is 3.95. The number of carbonyl (C=O) groups is 2. The molecule has 0 unspecified atom stereocenters. The number of nitrogens with zero attached hydrogens (tertiary/aromatic N) is 3. The van der Waals surface area contributed by atoms with Crippen molar-refractivity contribution in [2.45, 2.75) is 6.54 Å². The van der Waals surface area contributed by atoms with Gasteiger partial charge < -0.3 is 10.2 Å². The summed E-state index contributed by atoms with van der Waals surface area (Å²) in [6.07, 6.45) is 4.92. The van der Waals surface area contributed by atoms with Crippen molar-refractivity contribution in [3.8, 4) is 0 Å². The van der Waals surface area contributed by atoms with Crippen molar-refractivity contribution < 1.29 is 9.59 Å². The molecule has 0 bridgehead atoms. The first-order chi connectivity index (χ1) is 12.5. The average molecular weight is 389 g/mol. The molecule has 0 fully saturated rings. The van der Waals surface area contributed by atoms with Gasteiger partial charge in [0.1, 0.15) is 0 Å². The third-order valence-corrected chi connectivity index (χ3v) is 4.76. The van der Waals surface area contributed by atoms with Crippen LogP contribution in [-0.2, 0) is 11.3 Å². The highest BCUT2D eigenvalue weighted by Gasteiger charge is 2.09. The summed E-state index contributed by atoms with van der Waals surface area (Å²) in [5.41, 5.74) is 2.19. The maximum Gasteiger partial charge on any atom is 0.253 e. The number of imidazole rings is 1. The zero-order valence-corrected chi connectivity index (χ0v) is 15.8. The number of carbonyl (C=O) groups excluding carboxylic acids is 2.